The predicted molar refractivity (Wildman–Crippen MR) is 287 cm³/mol. The maximum Gasteiger partial charge on any atom is 0.269 e. The van der Waals surface area contributed by atoms with Crippen molar-refractivity contribution < 1.29 is 21.3 Å². The minimum Gasteiger partial charge on any atom is -0.455 e. The first kappa shape index (κ1) is 32.7. The van der Waals surface area contributed by atoms with Gasteiger partial charge in [-0.05, 0) is 93.9 Å². The monoisotopic (exact) mass is 910 g/mol. The molecular weight excluding hydrogens is 855 g/mol. The number of hydrogen-bond donors (Lipinski definition) is 0. The van der Waals surface area contributed by atoms with E-state index in [1.54, 1.807) is 22.8 Å². The van der Waals surface area contributed by atoms with Crippen LogP contribution < -0.4 is 4.57 Å². The van der Waals surface area contributed by atoms with Gasteiger partial charge in [0.1, 0.15) is 11.4 Å². The van der Waals surface area contributed by atoms with Crippen molar-refractivity contribution in [3.05, 3.63) is 242 Å². The van der Waals surface area contributed by atoms with Crippen LogP contribution in [0.2, 0.25) is 0 Å². The lowest BCUT2D eigenvalue weighted by Crippen LogP contribution is -2.31. The highest BCUT2D eigenvalue weighted by molar-refractivity contribution is 6.10. The van der Waals surface area contributed by atoms with Crippen molar-refractivity contribution >= 4 is 65.8 Å². The summed E-state index contributed by atoms with van der Waals surface area (Å²) in [7, 11) is 0. The summed E-state index contributed by atoms with van der Waals surface area (Å²) in [6, 6.07) is 51.5. The summed E-state index contributed by atoms with van der Waals surface area (Å²) >= 11 is 0. The van der Waals surface area contributed by atoms with E-state index in [4.69, 9.17) is 17.6 Å². The summed E-state index contributed by atoms with van der Waals surface area (Å²) < 4.78 is 94.3. The van der Waals surface area contributed by atoms with Gasteiger partial charge in [-0.1, -0.05) is 184 Å². The predicted octanol–water partition coefficient (Wildman–Crippen LogP) is 15.8. The van der Waals surface area contributed by atoms with Gasteiger partial charge in [-0.2, -0.15) is 0 Å². The second-order valence-electron chi connectivity index (χ2n) is 18.3. The molecule has 0 aliphatic heterocycles. The van der Waals surface area contributed by atoms with E-state index in [0.29, 0.717) is 39.1 Å². The molecule has 0 unspecified atom stereocenters. The number of benzene rings is 9. The van der Waals surface area contributed by atoms with E-state index in [1.807, 2.05) is 77.5 Å². The highest BCUT2D eigenvalue weighted by Gasteiger charge is 2.22. The van der Waals surface area contributed by atoms with Crippen molar-refractivity contribution in [1.29, 1.82) is 0 Å². The van der Waals surface area contributed by atoms with Crippen LogP contribution in [0, 0.1) is 6.33 Å². The average Bonchev–Trinajstić information content (AvgIpc) is 4.27. The molecule has 0 N–H and O–H groups in total. The summed E-state index contributed by atoms with van der Waals surface area (Å²) in [6.45, 7) is 6.60. The third-order valence-corrected chi connectivity index (χ3v) is 13.2. The number of hydrogen-bond acceptors (Lipinski definition) is 2. The maximum atomic E-state index is 9.19. The molecule has 0 fully saturated rings. The third kappa shape index (κ3) is 6.79. The Morgan fingerprint density at radius 3 is 1.93 bits per heavy atom. The Balaban J connectivity index is 1.13. The van der Waals surface area contributed by atoms with Gasteiger partial charge in [0, 0.05) is 33.4 Å². The van der Waals surface area contributed by atoms with Crippen LogP contribution in [-0.2, 0) is 5.41 Å². The molecule has 0 saturated carbocycles. The Bertz CT molecular complexity index is 4760. The SMILES string of the molecule is [2H]c1cc(-c2cccc(-c3c([2H])c([2H])c([2H])c([2H])c3[2H])c2-[n+]2[c-]n(-c3ccc4c5ccccc5oc5ccccc5n(-c5ccc6c7ccccc7n(-c7cc(C(C)(C)C)ccn7)c6c5)c4c3)c3ccccc32)c([2H])c([2H])c1[2H]. The van der Waals surface area contributed by atoms with Gasteiger partial charge in [0.2, 0.25) is 0 Å². The molecule has 0 saturated heterocycles. The van der Waals surface area contributed by atoms with Crippen molar-refractivity contribution in [2.75, 3.05) is 0 Å². The fourth-order valence-electron chi connectivity index (χ4n) is 9.89. The number of aromatic nitrogens is 5. The molecule has 0 aliphatic rings. The smallest absolute Gasteiger partial charge is 0.269 e. The van der Waals surface area contributed by atoms with Crippen LogP contribution in [0.3, 0.4) is 0 Å². The molecule has 0 radical (unpaired) electrons. The van der Waals surface area contributed by atoms with E-state index in [2.05, 4.69) is 115 Å². The van der Waals surface area contributed by atoms with E-state index in [-0.39, 0.29) is 34.2 Å². The molecule has 6 nitrogen and oxygen atoms in total. The number of nitrogens with zero attached hydrogens (tertiary/aromatic N) is 5. The number of imidazole rings is 1. The van der Waals surface area contributed by atoms with Crippen molar-refractivity contribution in [2.45, 2.75) is 26.2 Å². The topological polar surface area (TPSA) is 44.7 Å². The minimum absolute atomic E-state index is 0.0774. The summed E-state index contributed by atoms with van der Waals surface area (Å²) in [5.74, 6) is 0.802. The fraction of sp³-hybridized carbons (Fsp3) is 0.0625. The van der Waals surface area contributed by atoms with Crippen LogP contribution >= 0.6 is 0 Å². The van der Waals surface area contributed by atoms with Gasteiger partial charge in [-0.25, -0.2) is 4.98 Å². The molecule has 0 atom stereocenters. The molecule has 0 aliphatic carbocycles. The largest absolute Gasteiger partial charge is 0.455 e. The molecular formula is C64H47N5O. The molecule has 70 heavy (non-hydrogen) atoms. The van der Waals surface area contributed by atoms with Crippen LogP contribution in [0.15, 0.2) is 235 Å². The number of pyridine rings is 1. The van der Waals surface area contributed by atoms with Crippen molar-refractivity contribution in [3.63, 3.8) is 0 Å². The molecule has 4 heterocycles. The first-order valence-corrected chi connectivity index (χ1v) is 23.1. The first-order chi connectivity index (χ1) is 38.1. The summed E-state index contributed by atoms with van der Waals surface area (Å²) in [5.41, 5.74) is 9.69. The molecule has 334 valence electrons. The highest BCUT2D eigenvalue weighted by atomic mass is 16.3. The van der Waals surface area contributed by atoms with Crippen LogP contribution in [0.5, 0.6) is 0 Å². The highest BCUT2D eigenvalue weighted by Crippen LogP contribution is 2.38. The van der Waals surface area contributed by atoms with Gasteiger partial charge >= 0.3 is 0 Å². The molecule has 13 aromatic rings. The van der Waals surface area contributed by atoms with Gasteiger partial charge in [0.25, 0.3) is 6.33 Å². The Morgan fingerprint density at radius 2 is 1.11 bits per heavy atom. The van der Waals surface area contributed by atoms with Crippen molar-refractivity contribution in [3.8, 4) is 45.1 Å². The van der Waals surface area contributed by atoms with E-state index >= 15 is 0 Å². The zero-order chi connectivity index (χ0) is 54.8. The van der Waals surface area contributed by atoms with Crippen LogP contribution in [0.4, 0.5) is 0 Å². The Labute approximate surface area is 418 Å². The summed E-state index contributed by atoms with van der Waals surface area (Å²) in [6.07, 6.45) is 5.50. The Hall–Kier alpha value is -9.00. The van der Waals surface area contributed by atoms with Crippen molar-refractivity contribution in [1.82, 2.24) is 18.7 Å². The lowest BCUT2D eigenvalue weighted by molar-refractivity contribution is -0.571. The zero-order valence-electron chi connectivity index (χ0n) is 47.4. The van der Waals surface area contributed by atoms with Crippen LogP contribution in [0.25, 0.3) is 111 Å². The first-order valence-electron chi connectivity index (χ1n) is 27.6. The van der Waals surface area contributed by atoms with E-state index in [0.717, 1.165) is 60.7 Å². The van der Waals surface area contributed by atoms with Gasteiger partial charge in [0.05, 0.1) is 56.8 Å². The van der Waals surface area contributed by atoms with E-state index in [9.17, 15) is 4.11 Å². The number of para-hydroxylation sites is 7. The number of rotatable bonds is 6. The lowest BCUT2D eigenvalue weighted by atomic mass is 9.88. The van der Waals surface area contributed by atoms with Crippen LogP contribution in [0.1, 0.15) is 38.7 Å². The second kappa shape index (κ2) is 16.4. The van der Waals surface area contributed by atoms with Crippen LogP contribution in [-0.4, -0.2) is 18.7 Å². The normalized spacial score (nSPS) is 13.7. The average molecular weight is 911 g/mol. The molecule has 6 heteroatoms. The third-order valence-electron chi connectivity index (χ3n) is 13.2. The minimum atomic E-state index is -0.542. The standard InChI is InChI=1S/C64H47N5O/c1-64(2,3)45-37-38-65-62(39-45)69-54-27-12-10-23-50(54)51-36-34-47(41-59(51)69)68-57-30-15-17-32-61(57)70-60-31-16-11-24-53(60)52-35-33-46(40-58(52)68)66-42-67(56-29-14-13-28-55(56)66)63-48(43-19-6-4-7-20-43)25-18-26-49(63)44-21-8-5-9-22-44/h4-41H,1-3H3/i4D,5D,6D,7D,8D,9D,19D,20D,21D. The second-order valence-corrected chi connectivity index (χ2v) is 18.3. The van der Waals surface area contributed by atoms with E-state index in [1.165, 1.54) is 6.07 Å². The maximum absolute atomic E-state index is 9.19. The van der Waals surface area contributed by atoms with Crippen molar-refractivity contribution in [2.24, 2.45) is 0 Å². The van der Waals surface area contributed by atoms with Gasteiger partial charge in [-0.3, -0.25) is 13.7 Å². The van der Waals surface area contributed by atoms with Gasteiger partial charge in [0.15, 0.2) is 5.58 Å². The number of fused-ring (bicyclic) bond motifs is 8. The molecule has 13 rings (SSSR count). The van der Waals surface area contributed by atoms with Gasteiger partial charge < -0.3 is 8.98 Å². The van der Waals surface area contributed by atoms with Gasteiger partial charge in [-0.15, -0.1) is 0 Å². The molecule has 4 aromatic heterocycles. The lowest BCUT2D eigenvalue weighted by Gasteiger charge is -2.20. The molecule has 0 amide bonds. The summed E-state index contributed by atoms with van der Waals surface area (Å²) in [5, 5.41) is 3.89. The zero-order valence-corrected chi connectivity index (χ0v) is 38.4. The van der Waals surface area contributed by atoms with E-state index < -0.39 is 42.3 Å². The summed E-state index contributed by atoms with van der Waals surface area (Å²) in [4.78, 5) is 4.98. The fourth-order valence-corrected chi connectivity index (χ4v) is 9.89. The molecule has 0 bridgehead atoms. The molecule has 9 aromatic carbocycles. The quantitative estimate of drug-likeness (QED) is 0.123. The Morgan fingerprint density at radius 1 is 0.500 bits per heavy atom. The Kier molecular flexibility index (Phi) is 7.63. The molecule has 0 spiro atoms.